The van der Waals surface area contributed by atoms with Gasteiger partial charge in [-0.25, -0.2) is 4.68 Å². The highest BCUT2D eigenvalue weighted by Crippen LogP contribution is 2.29. The summed E-state index contributed by atoms with van der Waals surface area (Å²) in [6.07, 6.45) is -1.32. The number of hydrogen-bond donors (Lipinski definition) is 0. The number of rotatable bonds is 2. The van der Waals surface area contributed by atoms with E-state index in [-0.39, 0.29) is 5.82 Å². The Morgan fingerprint density at radius 2 is 1.86 bits per heavy atom. The molecule has 1 aromatic carbocycles. The van der Waals surface area contributed by atoms with Gasteiger partial charge in [0.1, 0.15) is 0 Å². The van der Waals surface area contributed by atoms with Crippen molar-refractivity contribution in [3.63, 3.8) is 0 Å². The molecule has 0 spiro atoms. The quantitative estimate of drug-likeness (QED) is 0.728. The summed E-state index contributed by atoms with van der Waals surface area (Å²) >= 11 is 0. The Kier molecular flexibility index (Phi) is 3.00. The summed E-state index contributed by atoms with van der Waals surface area (Å²) in [5, 5.41) is 7.40. The lowest BCUT2D eigenvalue weighted by Crippen LogP contribution is -2.04. The molecule has 0 saturated heterocycles. The molecule has 0 bridgehead atoms. The van der Waals surface area contributed by atoms with E-state index in [9.17, 15) is 13.2 Å². The van der Waals surface area contributed by atoms with Crippen LogP contribution in [0.1, 0.15) is 11.5 Å². The second kappa shape index (κ2) is 4.72. The summed E-state index contributed by atoms with van der Waals surface area (Å²) in [4.78, 5) is 3.32. The van der Waals surface area contributed by atoms with E-state index in [1.807, 2.05) is 0 Å². The number of benzene rings is 1. The van der Waals surface area contributed by atoms with Gasteiger partial charge in [0.05, 0.1) is 11.9 Å². The lowest BCUT2D eigenvalue weighted by atomic mass is 10.2. The van der Waals surface area contributed by atoms with Gasteiger partial charge in [-0.3, -0.25) is 0 Å². The van der Waals surface area contributed by atoms with Gasteiger partial charge in [-0.1, -0.05) is 5.16 Å². The molecule has 0 N–H and O–H groups in total. The summed E-state index contributed by atoms with van der Waals surface area (Å²) in [7, 11) is 0. The average molecular weight is 293 g/mol. The Bertz CT molecular complexity index is 758. The lowest BCUT2D eigenvalue weighted by Gasteiger charge is -2.01. The number of aromatic nitrogens is 4. The molecule has 0 fully saturated rings. The van der Waals surface area contributed by atoms with E-state index in [0.717, 1.165) is 11.3 Å². The Labute approximate surface area is 117 Å². The van der Waals surface area contributed by atoms with Crippen LogP contribution >= 0.6 is 0 Å². The number of nitrogens with zero attached hydrogens (tertiary/aromatic N) is 4. The van der Waals surface area contributed by atoms with Crippen LogP contribution in [0.5, 0.6) is 0 Å². The molecule has 0 aliphatic rings. The van der Waals surface area contributed by atoms with Gasteiger partial charge in [0, 0.05) is 11.8 Å². The first-order valence-corrected chi connectivity index (χ1v) is 5.82. The van der Waals surface area contributed by atoms with E-state index in [2.05, 4.69) is 26.7 Å². The fraction of sp³-hybridized carbons (Fsp3) is 0.0769. The molecule has 0 unspecified atom stereocenters. The van der Waals surface area contributed by atoms with E-state index >= 15 is 0 Å². The highest BCUT2D eigenvalue weighted by molar-refractivity contribution is 5.56. The van der Waals surface area contributed by atoms with Crippen LogP contribution in [0.25, 0.3) is 17.1 Å². The van der Waals surface area contributed by atoms with Gasteiger partial charge >= 0.3 is 12.1 Å². The highest BCUT2D eigenvalue weighted by Gasteiger charge is 2.38. The normalized spacial score (nSPS) is 11.8. The van der Waals surface area contributed by atoms with Crippen molar-refractivity contribution in [2.24, 2.45) is 0 Å². The summed E-state index contributed by atoms with van der Waals surface area (Å²) in [6.45, 7) is 3.74. The van der Waals surface area contributed by atoms with Gasteiger partial charge in [-0.05, 0) is 36.8 Å². The molecule has 0 saturated carbocycles. The van der Waals surface area contributed by atoms with E-state index in [0.29, 0.717) is 5.56 Å². The zero-order valence-electron chi connectivity index (χ0n) is 10.5. The minimum atomic E-state index is -4.65. The predicted octanol–water partition coefficient (Wildman–Crippen LogP) is 3.12. The zero-order valence-corrected chi connectivity index (χ0v) is 10.5. The maximum Gasteiger partial charge on any atom is 0.471 e. The largest absolute Gasteiger partial charge is 0.471 e. The van der Waals surface area contributed by atoms with Gasteiger partial charge in [0.15, 0.2) is 0 Å². The summed E-state index contributed by atoms with van der Waals surface area (Å²) in [6, 6.07) is 6.55. The van der Waals surface area contributed by atoms with Crippen molar-refractivity contribution in [2.75, 3.05) is 0 Å². The second-order valence-corrected chi connectivity index (χ2v) is 4.26. The van der Waals surface area contributed by atoms with Crippen LogP contribution in [0.15, 0.2) is 41.2 Å². The Morgan fingerprint density at radius 1 is 1.14 bits per heavy atom. The SMILES string of the molecule is [CH2]c1cnn(-c2ccc(-c3noc(C(F)(F)F)n3)cc2)c1. The summed E-state index contributed by atoms with van der Waals surface area (Å²) < 4.78 is 43.0. The minimum Gasteiger partial charge on any atom is -0.329 e. The van der Waals surface area contributed by atoms with Crippen molar-refractivity contribution < 1.29 is 17.7 Å². The second-order valence-electron chi connectivity index (χ2n) is 4.26. The third-order valence-electron chi connectivity index (χ3n) is 2.69. The molecule has 0 aliphatic heterocycles. The molecule has 8 heteroatoms. The molecule has 0 aliphatic carbocycles. The first-order valence-electron chi connectivity index (χ1n) is 5.82. The average Bonchev–Trinajstić information content (AvgIpc) is 3.07. The van der Waals surface area contributed by atoms with E-state index in [4.69, 9.17) is 0 Å². The molecular weight excluding hydrogens is 285 g/mol. The first kappa shape index (κ1) is 13.3. The molecule has 5 nitrogen and oxygen atoms in total. The Hall–Kier alpha value is -2.64. The third-order valence-corrected chi connectivity index (χ3v) is 2.69. The first-order chi connectivity index (χ1) is 9.93. The molecule has 2 heterocycles. The maximum atomic E-state index is 12.4. The zero-order chi connectivity index (χ0) is 15.0. The van der Waals surface area contributed by atoms with Crippen molar-refractivity contribution in [2.45, 2.75) is 6.18 Å². The topological polar surface area (TPSA) is 56.7 Å². The van der Waals surface area contributed by atoms with Crippen LogP contribution in [-0.2, 0) is 6.18 Å². The molecule has 2 aromatic heterocycles. The van der Waals surface area contributed by atoms with Crippen LogP contribution in [0, 0.1) is 6.92 Å². The van der Waals surface area contributed by atoms with Crippen molar-refractivity contribution in [1.82, 2.24) is 19.9 Å². The lowest BCUT2D eigenvalue weighted by molar-refractivity contribution is -0.159. The van der Waals surface area contributed by atoms with Gasteiger partial charge in [0.25, 0.3) is 0 Å². The molecule has 0 atom stereocenters. The van der Waals surface area contributed by atoms with Crippen molar-refractivity contribution in [1.29, 1.82) is 0 Å². The number of halogens is 3. The molecule has 21 heavy (non-hydrogen) atoms. The van der Waals surface area contributed by atoms with E-state index in [1.165, 1.54) is 0 Å². The van der Waals surface area contributed by atoms with Crippen LogP contribution in [0.3, 0.4) is 0 Å². The van der Waals surface area contributed by atoms with Crippen LogP contribution in [-0.4, -0.2) is 19.9 Å². The highest BCUT2D eigenvalue weighted by atomic mass is 19.4. The molecular formula is C13H8F3N4O. The van der Waals surface area contributed by atoms with E-state index in [1.54, 1.807) is 41.3 Å². The molecule has 107 valence electrons. The Morgan fingerprint density at radius 3 is 2.38 bits per heavy atom. The number of hydrogen-bond acceptors (Lipinski definition) is 4. The molecule has 3 rings (SSSR count). The van der Waals surface area contributed by atoms with E-state index < -0.39 is 12.1 Å². The number of alkyl halides is 3. The van der Waals surface area contributed by atoms with Gasteiger partial charge < -0.3 is 4.52 Å². The Balaban J connectivity index is 1.89. The van der Waals surface area contributed by atoms with Crippen LogP contribution < -0.4 is 0 Å². The fourth-order valence-electron chi connectivity index (χ4n) is 1.72. The van der Waals surface area contributed by atoms with Crippen molar-refractivity contribution >= 4 is 0 Å². The molecule has 0 amide bonds. The maximum absolute atomic E-state index is 12.4. The minimum absolute atomic E-state index is 0.118. The smallest absolute Gasteiger partial charge is 0.329 e. The molecule has 1 radical (unpaired) electrons. The van der Waals surface area contributed by atoms with Gasteiger partial charge in [-0.2, -0.15) is 23.3 Å². The van der Waals surface area contributed by atoms with Gasteiger partial charge in [0.2, 0.25) is 5.82 Å². The van der Waals surface area contributed by atoms with Gasteiger partial charge in [-0.15, -0.1) is 0 Å². The monoisotopic (exact) mass is 293 g/mol. The fourth-order valence-corrected chi connectivity index (χ4v) is 1.72. The van der Waals surface area contributed by atoms with Crippen molar-refractivity contribution in [3.05, 3.63) is 55.0 Å². The predicted molar refractivity (Wildman–Crippen MR) is 66.3 cm³/mol. The standard InChI is InChI=1S/C13H8F3N4O/c1-8-6-17-20(7-8)10-4-2-9(3-5-10)11-18-12(21-19-11)13(14,15)16/h2-7H,1H2. The van der Waals surface area contributed by atoms with Crippen LogP contribution in [0.4, 0.5) is 13.2 Å². The van der Waals surface area contributed by atoms with Crippen molar-refractivity contribution in [3.8, 4) is 17.1 Å². The summed E-state index contributed by atoms with van der Waals surface area (Å²) in [5.74, 6) is -1.48. The van der Waals surface area contributed by atoms with Crippen LogP contribution in [0.2, 0.25) is 0 Å². The summed E-state index contributed by atoms with van der Waals surface area (Å²) in [5.41, 5.74) is 1.92. The third kappa shape index (κ3) is 2.64. The molecule has 3 aromatic rings.